The molecule has 0 unspecified atom stereocenters. The smallest absolute Gasteiger partial charge is 0.338 e. The van der Waals surface area contributed by atoms with Crippen molar-refractivity contribution in [1.82, 2.24) is 0 Å². The van der Waals surface area contributed by atoms with Gasteiger partial charge in [0.15, 0.2) is 0 Å². The molecule has 0 aliphatic heterocycles. The zero-order valence-corrected chi connectivity index (χ0v) is 8.95. The quantitative estimate of drug-likeness (QED) is 0.577. The predicted molar refractivity (Wildman–Crippen MR) is 54.8 cm³/mol. The van der Waals surface area contributed by atoms with Gasteiger partial charge in [0.25, 0.3) is 0 Å². The molecule has 0 aliphatic rings. The largest absolute Gasteiger partial charge is 0.465 e. The Morgan fingerprint density at radius 3 is 2.69 bits per heavy atom. The van der Waals surface area contributed by atoms with Gasteiger partial charge in [-0.25, -0.2) is 4.79 Å². The van der Waals surface area contributed by atoms with Gasteiger partial charge in [-0.05, 0) is 24.6 Å². The van der Waals surface area contributed by atoms with Crippen LogP contribution in [0.1, 0.15) is 15.9 Å². The average Bonchev–Trinajstić information content (AvgIpc) is 2.10. The number of hydrogen-bond acceptors (Lipinski definition) is 3. The second-order valence-electron chi connectivity index (χ2n) is 2.61. The molecule has 13 heavy (non-hydrogen) atoms. The Balaban J connectivity index is 3.23. The fourth-order valence-corrected chi connectivity index (χ4v) is 1.40. The molecular weight excluding hydrogens is 208 g/mol. The van der Waals surface area contributed by atoms with Crippen molar-refractivity contribution in [3.05, 3.63) is 28.3 Å². The van der Waals surface area contributed by atoms with E-state index in [-0.39, 0.29) is 5.97 Å². The SMILES string of the molecule is COC(=O)c1cc(S)c(Cl)cc1C. The van der Waals surface area contributed by atoms with E-state index in [0.29, 0.717) is 15.5 Å². The molecule has 0 aliphatic carbocycles. The van der Waals surface area contributed by atoms with E-state index in [2.05, 4.69) is 17.4 Å². The molecule has 0 heterocycles. The molecule has 1 rings (SSSR count). The van der Waals surface area contributed by atoms with Crippen LogP contribution >= 0.6 is 24.2 Å². The van der Waals surface area contributed by atoms with Gasteiger partial charge in [0.05, 0.1) is 17.7 Å². The standard InChI is InChI=1S/C9H9ClO2S/c1-5-3-7(10)8(13)4-6(5)9(11)12-2/h3-4,13H,1-2H3. The van der Waals surface area contributed by atoms with Crippen LogP contribution in [-0.4, -0.2) is 13.1 Å². The van der Waals surface area contributed by atoms with Crippen molar-refractivity contribution in [3.63, 3.8) is 0 Å². The first-order valence-corrected chi connectivity index (χ1v) is 4.46. The third-order valence-corrected chi connectivity index (χ3v) is 2.51. The van der Waals surface area contributed by atoms with Gasteiger partial charge >= 0.3 is 5.97 Å². The maximum atomic E-state index is 11.2. The number of methoxy groups -OCH3 is 1. The number of ether oxygens (including phenoxy) is 1. The first kappa shape index (κ1) is 10.4. The number of hydrogen-bond donors (Lipinski definition) is 1. The summed E-state index contributed by atoms with van der Waals surface area (Å²) >= 11 is 9.91. The van der Waals surface area contributed by atoms with Crippen LogP contribution in [0.3, 0.4) is 0 Å². The number of carbonyl (C=O) groups is 1. The Morgan fingerprint density at radius 1 is 1.54 bits per heavy atom. The summed E-state index contributed by atoms with van der Waals surface area (Å²) in [5, 5.41) is 0.536. The summed E-state index contributed by atoms with van der Waals surface area (Å²) in [6, 6.07) is 3.29. The number of benzene rings is 1. The third-order valence-electron chi connectivity index (χ3n) is 1.70. The number of rotatable bonds is 1. The highest BCUT2D eigenvalue weighted by Crippen LogP contribution is 2.24. The van der Waals surface area contributed by atoms with E-state index < -0.39 is 0 Å². The molecule has 0 N–H and O–H groups in total. The minimum Gasteiger partial charge on any atom is -0.465 e. The van der Waals surface area contributed by atoms with E-state index in [1.54, 1.807) is 19.1 Å². The maximum Gasteiger partial charge on any atom is 0.338 e. The number of thiol groups is 1. The van der Waals surface area contributed by atoms with Crippen LogP contribution in [0.2, 0.25) is 5.02 Å². The summed E-state index contributed by atoms with van der Waals surface area (Å²) in [5.41, 5.74) is 1.28. The minimum absolute atomic E-state index is 0.371. The van der Waals surface area contributed by atoms with Gasteiger partial charge in [0.2, 0.25) is 0 Å². The Hall–Kier alpha value is -0.670. The molecule has 0 saturated carbocycles. The Labute approximate surface area is 87.3 Å². The molecule has 0 fully saturated rings. The number of aryl methyl sites for hydroxylation is 1. The van der Waals surface area contributed by atoms with Crippen molar-refractivity contribution >= 4 is 30.2 Å². The summed E-state index contributed by atoms with van der Waals surface area (Å²) in [6.07, 6.45) is 0. The fourth-order valence-electron chi connectivity index (χ4n) is 0.991. The minimum atomic E-state index is -0.371. The van der Waals surface area contributed by atoms with Gasteiger partial charge in [-0.1, -0.05) is 11.6 Å². The molecule has 1 aromatic carbocycles. The molecule has 0 atom stereocenters. The number of carbonyl (C=O) groups excluding carboxylic acids is 1. The highest BCUT2D eigenvalue weighted by Gasteiger charge is 2.10. The van der Waals surface area contributed by atoms with Gasteiger partial charge < -0.3 is 4.74 Å². The van der Waals surface area contributed by atoms with Crippen molar-refractivity contribution in [2.75, 3.05) is 7.11 Å². The lowest BCUT2D eigenvalue weighted by molar-refractivity contribution is 0.0599. The topological polar surface area (TPSA) is 26.3 Å². The fraction of sp³-hybridized carbons (Fsp3) is 0.222. The molecule has 0 amide bonds. The van der Waals surface area contributed by atoms with Crippen molar-refractivity contribution in [1.29, 1.82) is 0 Å². The van der Waals surface area contributed by atoms with Crippen LogP contribution in [0.15, 0.2) is 17.0 Å². The van der Waals surface area contributed by atoms with Crippen molar-refractivity contribution in [2.45, 2.75) is 11.8 Å². The molecule has 2 nitrogen and oxygen atoms in total. The van der Waals surface area contributed by atoms with E-state index in [1.165, 1.54) is 7.11 Å². The van der Waals surface area contributed by atoms with E-state index in [0.717, 1.165) is 5.56 Å². The van der Waals surface area contributed by atoms with Crippen molar-refractivity contribution in [2.24, 2.45) is 0 Å². The van der Waals surface area contributed by atoms with E-state index in [4.69, 9.17) is 11.6 Å². The molecule has 0 aromatic heterocycles. The van der Waals surface area contributed by atoms with Crippen LogP contribution < -0.4 is 0 Å². The van der Waals surface area contributed by atoms with Gasteiger partial charge in [-0.3, -0.25) is 0 Å². The molecule has 0 spiro atoms. The lowest BCUT2D eigenvalue weighted by atomic mass is 10.1. The maximum absolute atomic E-state index is 11.2. The summed E-state index contributed by atoms with van der Waals surface area (Å²) < 4.78 is 4.60. The highest BCUT2D eigenvalue weighted by molar-refractivity contribution is 7.80. The first-order chi connectivity index (χ1) is 6.06. The van der Waals surface area contributed by atoms with E-state index in [9.17, 15) is 4.79 Å². The van der Waals surface area contributed by atoms with Gasteiger partial charge in [0, 0.05) is 4.90 Å². The highest BCUT2D eigenvalue weighted by atomic mass is 35.5. The molecule has 0 bridgehead atoms. The van der Waals surface area contributed by atoms with Gasteiger partial charge in [-0.2, -0.15) is 0 Å². The summed E-state index contributed by atoms with van der Waals surface area (Å²) in [4.78, 5) is 11.8. The zero-order chi connectivity index (χ0) is 10.0. The second-order valence-corrected chi connectivity index (χ2v) is 3.50. The van der Waals surface area contributed by atoms with E-state index in [1.807, 2.05) is 0 Å². The van der Waals surface area contributed by atoms with Crippen LogP contribution in [0.4, 0.5) is 0 Å². The van der Waals surface area contributed by atoms with Gasteiger partial charge in [0.1, 0.15) is 0 Å². The van der Waals surface area contributed by atoms with Crippen LogP contribution in [-0.2, 0) is 4.74 Å². The monoisotopic (exact) mass is 216 g/mol. The number of halogens is 1. The Bertz CT molecular complexity index is 350. The molecular formula is C9H9ClO2S. The molecule has 0 radical (unpaired) electrons. The van der Waals surface area contributed by atoms with Crippen LogP contribution in [0.25, 0.3) is 0 Å². The normalized spacial score (nSPS) is 9.85. The van der Waals surface area contributed by atoms with Gasteiger partial charge in [-0.15, -0.1) is 12.6 Å². The lowest BCUT2D eigenvalue weighted by Gasteiger charge is -2.05. The second kappa shape index (κ2) is 4.03. The number of esters is 1. The van der Waals surface area contributed by atoms with Crippen molar-refractivity contribution < 1.29 is 9.53 Å². The van der Waals surface area contributed by atoms with Crippen LogP contribution in [0, 0.1) is 6.92 Å². The lowest BCUT2D eigenvalue weighted by Crippen LogP contribution is -2.03. The summed E-state index contributed by atoms with van der Waals surface area (Å²) in [5.74, 6) is -0.371. The first-order valence-electron chi connectivity index (χ1n) is 3.63. The zero-order valence-electron chi connectivity index (χ0n) is 7.30. The van der Waals surface area contributed by atoms with Crippen molar-refractivity contribution in [3.8, 4) is 0 Å². The predicted octanol–water partition coefficient (Wildman–Crippen LogP) is 2.72. The molecule has 4 heteroatoms. The Morgan fingerprint density at radius 2 is 2.15 bits per heavy atom. The molecule has 1 aromatic rings. The van der Waals surface area contributed by atoms with Crippen LogP contribution in [0.5, 0.6) is 0 Å². The Kier molecular flexibility index (Phi) is 3.22. The molecule has 0 saturated heterocycles. The third kappa shape index (κ3) is 2.17. The average molecular weight is 217 g/mol. The van der Waals surface area contributed by atoms with E-state index >= 15 is 0 Å². The molecule has 70 valence electrons. The summed E-state index contributed by atoms with van der Waals surface area (Å²) in [6.45, 7) is 1.80. The summed E-state index contributed by atoms with van der Waals surface area (Å²) in [7, 11) is 1.34.